The predicted molar refractivity (Wildman–Crippen MR) is 145 cm³/mol. The Hall–Kier alpha value is -4.11. The molecule has 0 aromatic heterocycles. The van der Waals surface area contributed by atoms with Crippen LogP contribution in [0.3, 0.4) is 0 Å². The first-order chi connectivity index (χ1) is 18.5. The van der Waals surface area contributed by atoms with Gasteiger partial charge in [0.1, 0.15) is 24.7 Å². The summed E-state index contributed by atoms with van der Waals surface area (Å²) in [6.45, 7) is 2.13. The van der Waals surface area contributed by atoms with Crippen LogP contribution in [0.5, 0.6) is 5.75 Å². The monoisotopic (exact) mass is 531 g/mol. The molecule has 0 atom stereocenters. The fraction of sp³-hybridized carbons (Fsp3) is 0.207. The lowest BCUT2D eigenvalue weighted by atomic mass is 10.1. The van der Waals surface area contributed by atoms with Crippen LogP contribution in [0.1, 0.15) is 11.1 Å². The van der Waals surface area contributed by atoms with Gasteiger partial charge in [-0.05, 0) is 42.1 Å². The zero-order valence-corrected chi connectivity index (χ0v) is 21.4. The third-order valence-corrected chi connectivity index (χ3v) is 7.37. The largest absolute Gasteiger partial charge is 0.488 e. The van der Waals surface area contributed by atoms with Crippen LogP contribution in [0, 0.1) is 5.82 Å². The van der Waals surface area contributed by atoms with Crippen molar-refractivity contribution in [3.8, 4) is 5.75 Å². The Bertz CT molecular complexity index is 1370. The number of benzene rings is 3. The molecule has 3 amide bonds. The average molecular weight is 532 g/mol. The molecule has 2 fully saturated rings. The fourth-order valence-corrected chi connectivity index (χ4v) is 5.20. The Morgan fingerprint density at radius 1 is 0.895 bits per heavy atom. The fourth-order valence-electron chi connectivity index (χ4n) is 4.37. The lowest BCUT2D eigenvalue weighted by molar-refractivity contribution is -0.136. The molecular weight excluding hydrogens is 505 g/mol. The quantitative estimate of drug-likeness (QED) is 0.409. The number of hydrogen-bond acceptors (Lipinski definition) is 6. The Morgan fingerprint density at radius 3 is 2.34 bits per heavy atom. The summed E-state index contributed by atoms with van der Waals surface area (Å²) in [5.41, 5.74) is 2.09. The molecule has 2 saturated heterocycles. The number of carbonyl (C=O) groups is 3. The third kappa shape index (κ3) is 5.73. The molecule has 0 bridgehead atoms. The molecule has 2 aliphatic rings. The van der Waals surface area contributed by atoms with E-state index in [4.69, 9.17) is 4.74 Å². The van der Waals surface area contributed by atoms with Crippen molar-refractivity contribution in [2.45, 2.75) is 6.61 Å². The number of halogens is 1. The Kier molecular flexibility index (Phi) is 7.74. The highest BCUT2D eigenvalue weighted by Gasteiger charge is 2.37. The van der Waals surface area contributed by atoms with Gasteiger partial charge in [0, 0.05) is 43.0 Å². The maximum absolute atomic E-state index is 14.0. The molecule has 3 aromatic rings. The van der Waals surface area contributed by atoms with Gasteiger partial charge in [-0.15, -0.1) is 0 Å². The molecule has 0 spiro atoms. The number of thioether (sulfide) groups is 1. The minimum Gasteiger partial charge on any atom is -0.488 e. The second-order valence-corrected chi connectivity index (χ2v) is 9.88. The van der Waals surface area contributed by atoms with E-state index in [-0.39, 0.29) is 29.8 Å². The third-order valence-electron chi connectivity index (χ3n) is 6.47. The van der Waals surface area contributed by atoms with Gasteiger partial charge in [-0.2, -0.15) is 0 Å². The summed E-state index contributed by atoms with van der Waals surface area (Å²) in [5.74, 6) is -0.678. The van der Waals surface area contributed by atoms with Gasteiger partial charge in [0.05, 0.1) is 4.91 Å². The summed E-state index contributed by atoms with van der Waals surface area (Å²) in [5, 5.41) is -0.484. The summed E-state index contributed by atoms with van der Waals surface area (Å²) in [7, 11) is 0. The minimum absolute atomic E-state index is 0.0189. The molecule has 0 radical (unpaired) electrons. The van der Waals surface area contributed by atoms with Crippen LogP contribution in [0.25, 0.3) is 6.08 Å². The second-order valence-electron chi connectivity index (χ2n) is 8.89. The number of rotatable bonds is 7. The van der Waals surface area contributed by atoms with E-state index in [9.17, 15) is 18.8 Å². The van der Waals surface area contributed by atoms with E-state index >= 15 is 0 Å². The number of ether oxygens (including phenoxy) is 1. The van der Waals surface area contributed by atoms with Crippen molar-refractivity contribution in [1.29, 1.82) is 0 Å². The highest BCUT2D eigenvalue weighted by Crippen LogP contribution is 2.34. The maximum Gasteiger partial charge on any atom is 0.294 e. The van der Waals surface area contributed by atoms with E-state index in [1.165, 1.54) is 6.07 Å². The van der Waals surface area contributed by atoms with Crippen LogP contribution < -0.4 is 9.64 Å². The summed E-state index contributed by atoms with van der Waals surface area (Å²) in [4.78, 5) is 43.7. The number of anilines is 1. The van der Waals surface area contributed by atoms with Gasteiger partial charge < -0.3 is 14.5 Å². The molecule has 0 saturated carbocycles. The van der Waals surface area contributed by atoms with Crippen molar-refractivity contribution in [3.05, 3.63) is 101 Å². The maximum atomic E-state index is 14.0. The van der Waals surface area contributed by atoms with Crippen molar-refractivity contribution >= 4 is 40.6 Å². The van der Waals surface area contributed by atoms with E-state index < -0.39 is 11.1 Å². The Morgan fingerprint density at radius 2 is 1.58 bits per heavy atom. The number of imide groups is 1. The normalized spacial score (nSPS) is 16.9. The lowest BCUT2D eigenvalue weighted by Crippen LogP contribution is -2.51. The SMILES string of the molecule is O=C(CN1C(=O)S/C(=C/c2ccccc2OCc2ccccc2F)C1=O)N1CCN(c2ccccc2)CC1. The molecule has 3 aromatic carbocycles. The topological polar surface area (TPSA) is 70.2 Å². The molecule has 9 heteroatoms. The van der Waals surface area contributed by atoms with Gasteiger partial charge in [-0.1, -0.05) is 54.6 Å². The highest BCUT2D eigenvalue weighted by molar-refractivity contribution is 8.18. The van der Waals surface area contributed by atoms with Crippen LogP contribution in [-0.2, 0) is 16.2 Å². The van der Waals surface area contributed by atoms with Crippen LogP contribution in [-0.4, -0.2) is 59.6 Å². The molecule has 194 valence electrons. The number of piperazine rings is 1. The first-order valence-corrected chi connectivity index (χ1v) is 13.1. The van der Waals surface area contributed by atoms with Gasteiger partial charge in [-0.25, -0.2) is 4.39 Å². The van der Waals surface area contributed by atoms with Gasteiger partial charge in [0.2, 0.25) is 5.91 Å². The lowest BCUT2D eigenvalue weighted by Gasteiger charge is -2.36. The van der Waals surface area contributed by atoms with Gasteiger partial charge in [0.25, 0.3) is 11.1 Å². The number of para-hydroxylation sites is 2. The second kappa shape index (κ2) is 11.5. The highest BCUT2D eigenvalue weighted by atomic mass is 32.2. The number of hydrogen-bond donors (Lipinski definition) is 0. The van der Waals surface area contributed by atoms with Gasteiger partial charge in [0.15, 0.2) is 0 Å². The van der Waals surface area contributed by atoms with E-state index in [0.717, 1.165) is 22.3 Å². The zero-order chi connectivity index (χ0) is 26.5. The van der Waals surface area contributed by atoms with E-state index in [1.54, 1.807) is 53.4 Å². The molecule has 2 heterocycles. The number of nitrogens with zero attached hydrogens (tertiary/aromatic N) is 3. The Labute approximate surface area is 224 Å². The van der Waals surface area contributed by atoms with Crippen molar-refractivity contribution in [2.75, 3.05) is 37.6 Å². The number of amides is 3. The average Bonchev–Trinajstić information content (AvgIpc) is 3.21. The first-order valence-electron chi connectivity index (χ1n) is 12.3. The van der Waals surface area contributed by atoms with Crippen LogP contribution >= 0.6 is 11.8 Å². The summed E-state index contributed by atoms with van der Waals surface area (Å²) in [6.07, 6.45) is 1.57. The van der Waals surface area contributed by atoms with E-state index in [1.807, 2.05) is 30.3 Å². The number of carbonyl (C=O) groups excluding carboxylic acids is 3. The van der Waals surface area contributed by atoms with E-state index in [2.05, 4.69) is 4.90 Å². The molecule has 7 nitrogen and oxygen atoms in total. The summed E-state index contributed by atoms with van der Waals surface area (Å²) >= 11 is 0.793. The molecular formula is C29H26FN3O4S. The van der Waals surface area contributed by atoms with Gasteiger partial charge >= 0.3 is 0 Å². The smallest absolute Gasteiger partial charge is 0.294 e. The van der Waals surface area contributed by atoms with Crippen molar-refractivity contribution in [1.82, 2.24) is 9.80 Å². The summed E-state index contributed by atoms with van der Waals surface area (Å²) < 4.78 is 19.8. The van der Waals surface area contributed by atoms with Crippen LogP contribution in [0.4, 0.5) is 14.9 Å². The van der Waals surface area contributed by atoms with Crippen molar-refractivity contribution in [2.24, 2.45) is 0 Å². The first kappa shape index (κ1) is 25.5. The van der Waals surface area contributed by atoms with E-state index in [0.29, 0.717) is 43.1 Å². The standard InChI is InChI=1S/C29H26FN3O4S/c30-24-12-6-4-9-22(24)20-37-25-13-7-5-8-21(25)18-26-28(35)33(29(36)38-26)19-27(34)32-16-14-31(15-17-32)23-10-2-1-3-11-23/h1-13,18H,14-17,19-20H2/b26-18+. The zero-order valence-electron chi connectivity index (χ0n) is 20.6. The van der Waals surface area contributed by atoms with Gasteiger partial charge in [-0.3, -0.25) is 19.3 Å². The molecule has 2 aliphatic heterocycles. The molecule has 0 unspecified atom stereocenters. The van der Waals surface area contributed by atoms with Crippen LogP contribution in [0.2, 0.25) is 0 Å². The van der Waals surface area contributed by atoms with Crippen LogP contribution in [0.15, 0.2) is 83.8 Å². The van der Waals surface area contributed by atoms with Crippen molar-refractivity contribution < 1.29 is 23.5 Å². The summed E-state index contributed by atoms with van der Waals surface area (Å²) in [6, 6.07) is 23.4. The molecule has 5 rings (SSSR count). The molecule has 0 aliphatic carbocycles. The minimum atomic E-state index is -0.514. The molecule has 38 heavy (non-hydrogen) atoms. The van der Waals surface area contributed by atoms with Crippen molar-refractivity contribution in [3.63, 3.8) is 0 Å². The predicted octanol–water partition coefficient (Wildman–Crippen LogP) is 4.79. The molecule has 0 N–H and O–H groups in total. The Balaban J connectivity index is 1.21.